The maximum absolute atomic E-state index is 11.7. The maximum atomic E-state index is 11.7. The second-order valence-electron chi connectivity index (χ2n) is 3.73. The fourth-order valence-electron chi connectivity index (χ4n) is 1.38. The molecule has 1 atom stereocenters. The summed E-state index contributed by atoms with van der Waals surface area (Å²) in [6.07, 6.45) is 1.32. The molecule has 0 spiro atoms. The molecule has 2 N–H and O–H groups in total. The van der Waals surface area contributed by atoms with E-state index in [0.29, 0.717) is 25.0 Å². The molecule has 0 aromatic heterocycles. The molecule has 0 bridgehead atoms. The van der Waals surface area contributed by atoms with Crippen LogP contribution in [0.15, 0.2) is 5.10 Å². The number of aliphatic hydroxyl groups excluding tert-OH is 1. The van der Waals surface area contributed by atoms with Crippen LogP contribution < -0.4 is 5.32 Å². The van der Waals surface area contributed by atoms with E-state index < -0.39 is 0 Å². The van der Waals surface area contributed by atoms with E-state index >= 15 is 0 Å². The minimum atomic E-state index is -0.305. The Kier molecular flexibility index (Phi) is 4.42. The Balaban J connectivity index is 2.61. The zero-order valence-corrected chi connectivity index (χ0v) is 9.56. The Morgan fingerprint density at radius 2 is 2.31 bits per heavy atom. The number of hydrogen-bond donors (Lipinski definition) is 2. The highest BCUT2D eigenvalue weighted by atomic mass is 16.3. The van der Waals surface area contributed by atoms with Gasteiger partial charge in [-0.2, -0.15) is 5.10 Å². The summed E-state index contributed by atoms with van der Waals surface area (Å²) in [5.74, 6) is -0.397. The molecule has 0 unspecified atom stereocenters. The van der Waals surface area contributed by atoms with Gasteiger partial charge in [0, 0.05) is 19.9 Å². The first kappa shape index (κ1) is 12.6. The minimum absolute atomic E-state index is 0.0919. The van der Waals surface area contributed by atoms with Crippen molar-refractivity contribution in [3.63, 3.8) is 0 Å². The van der Waals surface area contributed by atoms with Gasteiger partial charge < -0.3 is 10.4 Å². The summed E-state index contributed by atoms with van der Waals surface area (Å²) in [5.41, 5.74) is 0.342. The molecule has 0 radical (unpaired) electrons. The van der Waals surface area contributed by atoms with Gasteiger partial charge in [0.05, 0.1) is 12.6 Å². The second-order valence-corrected chi connectivity index (χ2v) is 3.73. The minimum Gasteiger partial charge on any atom is -0.394 e. The normalized spacial score (nSPS) is 18.1. The van der Waals surface area contributed by atoms with Gasteiger partial charge in [0.25, 0.3) is 5.91 Å². The number of hydrogen-bond acceptors (Lipinski definition) is 4. The third-order valence-corrected chi connectivity index (χ3v) is 2.52. The third-order valence-electron chi connectivity index (χ3n) is 2.52. The SMILES string of the molecule is CC[C@H](CO)NC(=O)C1=NN(C)C(=O)CC1. The van der Waals surface area contributed by atoms with Gasteiger partial charge in [-0.1, -0.05) is 6.92 Å². The first-order valence-electron chi connectivity index (χ1n) is 5.34. The lowest BCUT2D eigenvalue weighted by Gasteiger charge is -2.20. The van der Waals surface area contributed by atoms with Crippen LogP contribution in [-0.4, -0.2) is 47.3 Å². The summed E-state index contributed by atoms with van der Waals surface area (Å²) in [6.45, 7) is 1.78. The molecule has 90 valence electrons. The molecule has 0 saturated carbocycles. The molecule has 1 heterocycles. The molecule has 6 nitrogen and oxygen atoms in total. The van der Waals surface area contributed by atoms with Gasteiger partial charge in [-0.25, -0.2) is 5.01 Å². The van der Waals surface area contributed by atoms with Crippen molar-refractivity contribution < 1.29 is 14.7 Å². The number of aliphatic hydroxyl groups is 1. The molecule has 16 heavy (non-hydrogen) atoms. The molecule has 6 heteroatoms. The Morgan fingerprint density at radius 1 is 1.62 bits per heavy atom. The van der Waals surface area contributed by atoms with Crippen LogP contribution in [0.1, 0.15) is 26.2 Å². The van der Waals surface area contributed by atoms with Crippen LogP contribution in [0.25, 0.3) is 0 Å². The summed E-state index contributed by atoms with van der Waals surface area (Å²) in [7, 11) is 1.53. The number of rotatable bonds is 4. The lowest BCUT2D eigenvalue weighted by atomic mass is 10.1. The smallest absolute Gasteiger partial charge is 0.267 e. The zero-order valence-electron chi connectivity index (χ0n) is 9.56. The lowest BCUT2D eigenvalue weighted by Crippen LogP contribution is -2.43. The highest BCUT2D eigenvalue weighted by molar-refractivity contribution is 6.39. The van der Waals surface area contributed by atoms with Crippen molar-refractivity contribution in [1.82, 2.24) is 10.3 Å². The van der Waals surface area contributed by atoms with Crippen molar-refractivity contribution in [2.24, 2.45) is 5.10 Å². The summed E-state index contributed by atoms with van der Waals surface area (Å²) < 4.78 is 0. The molecular formula is C10H17N3O3. The van der Waals surface area contributed by atoms with Crippen molar-refractivity contribution in [2.45, 2.75) is 32.2 Å². The van der Waals surface area contributed by atoms with Crippen molar-refractivity contribution >= 4 is 17.5 Å². The van der Waals surface area contributed by atoms with Crippen LogP contribution in [0.2, 0.25) is 0 Å². The Bertz CT molecular complexity index is 310. The van der Waals surface area contributed by atoms with Crippen molar-refractivity contribution in [3.8, 4) is 0 Å². The van der Waals surface area contributed by atoms with Gasteiger partial charge in [0.2, 0.25) is 5.91 Å². The Hall–Kier alpha value is -1.43. The van der Waals surface area contributed by atoms with Gasteiger partial charge in [-0.3, -0.25) is 9.59 Å². The largest absolute Gasteiger partial charge is 0.394 e. The number of hydrazone groups is 1. The highest BCUT2D eigenvalue weighted by Crippen LogP contribution is 2.07. The van der Waals surface area contributed by atoms with Crippen LogP contribution in [0.3, 0.4) is 0 Å². The molecule has 1 aliphatic rings. The Morgan fingerprint density at radius 3 is 2.81 bits per heavy atom. The quantitative estimate of drug-likeness (QED) is 0.678. The number of carbonyl (C=O) groups excluding carboxylic acids is 2. The fraction of sp³-hybridized carbons (Fsp3) is 0.700. The van der Waals surface area contributed by atoms with Crippen LogP contribution in [-0.2, 0) is 9.59 Å². The van der Waals surface area contributed by atoms with Gasteiger partial charge in [-0.05, 0) is 6.42 Å². The summed E-state index contributed by atoms with van der Waals surface area (Å²) in [4.78, 5) is 22.8. The molecule has 1 aliphatic heterocycles. The first-order chi connectivity index (χ1) is 7.58. The summed E-state index contributed by atoms with van der Waals surface area (Å²) in [6, 6.07) is -0.252. The van der Waals surface area contributed by atoms with E-state index in [0.717, 1.165) is 0 Å². The topological polar surface area (TPSA) is 82.0 Å². The van der Waals surface area contributed by atoms with Gasteiger partial charge in [0.1, 0.15) is 5.71 Å². The van der Waals surface area contributed by atoms with Gasteiger partial charge in [0.15, 0.2) is 0 Å². The van der Waals surface area contributed by atoms with Crippen LogP contribution in [0, 0.1) is 0 Å². The van der Waals surface area contributed by atoms with E-state index in [2.05, 4.69) is 10.4 Å². The first-order valence-corrected chi connectivity index (χ1v) is 5.34. The zero-order chi connectivity index (χ0) is 12.1. The van der Waals surface area contributed by atoms with E-state index in [1.807, 2.05) is 6.92 Å². The van der Waals surface area contributed by atoms with Crippen LogP contribution in [0.4, 0.5) is 0 Å². The van der Waals surface area contributed by atoms with E-state index in [9.17, 15) is 9.59 Å². The maximum Gasteiger partial charge on any atom is 0.267 e. The number of amides is 2. The average Bonchev–Trinajstić information content (AvgIpc) is 2.29. The van der Waals surface area contributed by atoms with Crippen LogP contribution >= 0.6 is 0 Å². The standard InChI is InChI=1S/C10H17N3O3/c1-3-7(6-14)11-10(16)8-4-5-9(15)13(2)12-8/h7,14H,3-6H2,1-2H3,(H,11,16)/t7-/m1/s1. The molecule has 0 saturated heterocycles. The summed E-state index contributed by atoms with van der Waals surface area (Å²) in [5, 5.41) is 16.7. The highest BCUT2D eigenvalue weighted by Gasteiger charge is 2.22. The van der Waals surface area contributed by atoms with E-state index in [1.165, 1.54) is 12.1 Å². The molecule has 0 aromatic carbocycles. The lowest BCUT2D eigenvalue weighted by molar-refractivity contribution is -0.130. The fourth-order valence-corrected chi connectivity index (χ4v) is 1.38. The third kappa shape index (κ3) is 3.03. The molecular weight excluding hydrogens is 210 g/mol. The van der Waals surface area contributed by atoms with Crippen LogP contribution in [0.5, 0.6) is 0 Å². The predicted octanol–water partition coefficient (Wildman–Crippen LogP) is -0.518. The average molecular weight is 227 g/mol. The Labute approximate surface area is 94.3 Å². The predicted molar refractivity (Wildman–Crippen MR) is 58.7 cm³/mol. The van der Waals surface area contributed by atoms with Crippen molar-refractivity contribution in [2.75, 3.05) is 13.7 Å². The number of nitrogens with one attached hydrogen (secondary N) is 1. The number of carbonyl (C=O) groups is 2. The molecule has 0 fully saturated rings. The van der Waals surface area contributed by atoms with E-state index in [4.69, 9.17) is 5.11 Å². The van der Waals surface area contributed by atoms with Gasteiger partial charge in [-0.15, -0.1) is 0 Å². The summed E-state index contributed by atoms with van der Waals surface area (Å²) >= 11 is 0. The monoisotopic (exact) mass is 227 g/mol. The molecule has 1 rings (SSSR count). The van der Waals surface area contributed by atoms with Crippen molar-refractivity contribution in [1.29, 1.82) is 0 Å². The molecule has 0 aliphatic carbocycles. The van der Waals surface area contributed by atoms with E-state index in [1.54, 1.807) is 0 Å². The second kappa shape index (κ2) is 5.60. The van der Waals surface area contributed by atoms with Gasteiger partial charge >= 0.3 is 0 Å². The van der Waals surface area contributed by atoms with Crippen molar-refractivity contribution in [3.05, 3.63) is 0 Å². The number of nitrogens with zero attached hydrogens (tertiary/aromatic N) is 2. The van der Waals surface area contributed by atoms with E-state index in [-0.39, 0.29) is 24.5 Å². The molecule has 0 aromatic rings. The molecule has 2 amide bonds.